The van der Waals surface area contributed by atoms with Crippen LogP contribution < -0.4 is 5.32 Å². The Labute approximate surface area is 114 Å². The number of nitrogens with one attached hydrogen (secondary N) is 1. The Morgan fingerprint density at radius 1 is 1.26 bits per heavy atom. The molecular formula is C14H23N3O2. The Balaban J connectivity index is 1.59. The van der Waals surface area contributed by atoms with Crippen molar-refractivity contribution in [3.05, 3.63) is 11.7 Å². The summed E-state index contributed by atoms with van der Waals surface area (Å²) < 4.78 is 11.2. The zero-order chi connectivity index (χ0) is 13.1. The van der Waals surface area contributed by atoms with Gasteiger partial charge in [-0.25, -0.2) is 0 Å². The van der Waals surface area contributed by atoms with Crippen LogP contribution in [0.5, 0.6) is 0 Å². The highest BCUT2D eigenvalue weighted by molar-refractivity contribution is 5.00. The highest BCUT2D eigenvalue weighted by atomic mass is 16.5. The van der Waals surface area contributed by atoms with Gasteiger partial charge in [0.2, 0.25) is 11.7 Å². The number of rotatable bonds is 4. The Kier molecular flexibility index (Phi) is 3.84. The fourth-order valence-electron chi connectivity index (χ4n) is 3.01. The van der Waals surface area contributed by atoms with Crippen LogP contribution in [0, 0.1) is 0 Å². The summed E-state index contributed by atoms with van der Waals surface area (Å²) in [6.07, 6.45) is 8.47. The lowest BCUT2D eigenvalue weighted by Crippen LogP contribution is -2.31. The van der Waals surface area contributed by atoms with Gasteiger partial charge < -0.3 is 14.6 Å². The van der Waals surface area contributed by atoms with Gasteiger partial charge in [-0.15, -0.1) is 0 Å². The van der Waals surface area contributed by atoms with Crippen molar-refractivity contribution >= 4 is 0 Å². The van der Waals surface area contributed by atoms with Crippen LogP contribution >= 0.6 is 0 Å². The van der Waals surface area contributed by atoms with E-state index in [4.69, 9.17) is 9.26 Å². The van der Waals surface area contributed by atoms with Crippen LogP contribution in [0.15, 0.2) is 4.52 Å². The molecule has 1 saturated carbocycles. The predicted molar refractivity (Wildman–Crippen MR) is 70.5 cm³/mol. The number of nitrogens with zero attached hydrogens (tertiary/aromatic N) is 2. The summed E-state index contributed by atoms with van der Waals surface area (Å²) in [7, 11) is 0. The lowest BCUT2D eigenvalue weighted by Gasteiger charge is -2.30. The monoisotopic (exact) mass is 265 g/mol. The van der Waals surface area contributed by atoms with E-state index in [1.165, 1.54) is 32.1 Å². The van der Waals surface area contributed by atoms with Gasteiger partial charge in [0.15, 0.2) is 0 Å². The molecule has 0 spiro atoms. The fourth-order valence-corrected chi connectivity index (χ4v) is 3.01. The van der Waals surface area contributed by atoms with Crippen LogP contribution in [0.4, 0.5) is 0 Å². The molecule has 0 radical (unpaired) electrons. The molecule has 5 nitrogen and oxygen atoms in total. The molecule has 1 aromatic rings. The van der Waals surface area contributed by atoms with Crippen LogP contribution in [0.1, 0.15) is 63.6 Å². The van der Waals surface area contributed by atoms with Crippen molar-refractivity contribution < 1.29 is 9.26 Å². The molecule has 0 amide bonds. The molecule has 1 aromatic heterocycles. The van der Waals surface area contributed by atoms with Gasteiger partial charge in [-0.3, -0.25) is 0 Å². The van der Waals surface area contributed by atoms with Crippen molar-refractivity contribution in [3.8, 4) is 0 Å². The number of hydrogen-bond acceptors (Lipinski definition) is 5. The molecule has 2 aliphatic rings. The third-order valence-electron chi connectivity index (χ3n) is 4.31. The van der Waals surface area contributed by atoms with Crippen LogP contribution in [-0.2, 0) is 16.9 Å². The van der Waals surface area contributed by atoms with Gasteiger partial charge >= 0.3 is 0 Å². The Bertz CT molecular complexity index is 407. The van der Waals surface area contributed by atoms with E-state index >= 15 is 0 Å². The fraction of sp³-hybridized carbons (Fsp3) is 0.857. The van der Waals surface area contributed by atoms with Crippen molar-refractivity contribution in [3.63, 3.8) is 0 Å². The second-order valence-electron chi connectivity index (χ2n) is 5.91. The molecule has 106 valence electrons. The van der Waals surface area contributed by atoms with Gasteiger partial charge in [0.25, 0.3) is 0 Å². The van der Waals surface area contributed by atoms with Crippen LogP contribution in [0.2, 0.25) is 0 Å². The van der Waals surface area contributed by atoms with Crippen molar-refractivity contribution in [1.29, 1.82) is 0 Å². The number of aromatic nitrogens is 2. The summed E-state index contributed by atoms with van der Waals surface area (Å²) in [5, 5.41) is 7.60. The van der Waals surface area contributed by atoms with E-state index in [1.807, 2.05) is 0 Å². The minimum Gasteiger partial charge on any atom is -0.367 e. The molecule has 2 fully saturated rings. The Morgan fingerprint density at radius 2 is 2.11 bits per heavy atom. The van der Waals surface area contributed by atoms with E-state index in [1.54, 1.807) is 0 Å². The smallest absolute Gasteiger partial charge is 0.240 e. The van der Waals surface area contributed by atoms with Crippen molar-refractivity contribution in [2.24, 2.45) is 0 Å². The van der Waals surface area contributed by atoms with E-state index in [2.05, 4.69) is 22.4 Å². The normalized spacial score (nSPS) is 28.9. The maximum Gasteiger partial charge on any atom is 0.240 e. The standard InChI is InChI=1S/C14H23N3O2/c1-14(8-4-5-9-18-14)13-16-12(19-17-13)10-15-11-6-2-3-7-11/h11,15H,2-10H2,1H3. The zero-order valence-corrected chi connectivity index (χ0v) is 11.7. The Hall–Kier alpha value is -0.940. The highest BCUT2D eigenvalue weighted by Crippen LogP contribution is 2.32. The lowest BCUT2D eigenvalue weighted by atomic mass is 9.95. The van der Waals surface area contributed by atoms with E-state index < -0.39 is 0 Å². The van der Waals surface area contributed by atoms with Crippen LogP contribution in [0.25, 0.3) is 0 Å². The van der Waals surface area contributed by atoms with Gasteiger partial charge in [0, 0.05) is 12.6 Å². The van der Waals surface area contributed by atoms with Gasteiger partial charge in [-0.05, 0) is 39.0 Å². The predicted octanol–water partition coefficient (Wildman–Crippen LogP) is 2.52. The summed E-state index contributed by atoms with van der Waals surface area (Å²) in [6, 6.07) is 0.622. The van der Waals surface area contributed by atoms with Gasteiger partial charge in [0.1, 0.15) is 5.60 Å². The van der Waals surface area contributed by atoms with E-state index in [0.29, 0.717) is 24.3 Å². The molecule has 1 atom stereocenters. The molecule has 19 heavy (non-hydrogen) atoms. The maximum absolute atomic E-state index is 5.84. The van der Waals surface area contributed by atoms with E-state index in [0.717, 1.165) is 19.4 Å². The molecule has 1 N–H and O–H groups in total. The Morgan fingerprint density at radius 3 is 2.84 bits per heavy atom. The second-order valence-corrected chi connectivity index (χ2v) is 5.91. The minimum absolute atomic E-state index is 0.354. The van der Waals surface area contributed by atoms with Crippen molar-refractivity contribution in [2.75, 3.05) is 6.61 Å². The molecule has 2 heterocycles. The SMILES string of the molecule is CC1(c2noc(CNC3CCCC3)n2)CCCCO1. The van der Waals surface area contributed by atoms with E-state index in [9.17, 15) is 0 Å². The maximum atomic E-state index is 5.84. The molecule has 3 rings (SSSR count). The topological polar surface area (TPSA) is 60.2 Å². The third-order valence-corrected chi connectivity index (χ3v) is 4.31. The van der Waals surface area contributed by atoms with Gasteiger partial charge in [0.05, 0.1) is 6.54 Å². The average molecular weight is 265 g/mol. The summed E-state index contributed by atoms with van der Waals surface area (Å²) in [5.41, 5.74) is -0.354. The first-order valence-corrected chi connectivity index (χ1v) is 7.47. The van der Waals surface area contributed by atoms with Gasteiger partial charge in [-0.2, -0.15) is 4.98 Å². The van der Waals surface area contributed by atoms with Crippen LogP contribution in [0.3, 0.4) is 0 Å². The highest BCUT2D eigenvalue weighted by Gasteiger charge is 2.34. The van der Waals surface area contributed by atoms with Crippen molar-refractivity contribution in [1.82, 2.24) is 15.5 Å². The van der Waals surface area contributed by atoms with Crippen molar-refractivity contribution in [2.45, 2.75) is 70.1 Å². The summed E-state index contributed by atoms with van der Waals surface area (Å²) in [5.74, 6) is 1.38. The minimum atomic E-state index is -0.354. The zero-order valence-electron chi connectivity index (χ0n) is 11.7. The first-order valence-electron chi connectivity index (χ1n) is 7.47. The molecule has 1 aliphatic heterocycles. The second kappa shape index (κ2) is 5.59. The van der Waals surface area contributed by atoms with Gasteiger partial charge in [-0.1, -0.05) is 18.0 Å². The van der Waals surface area contributed by atoms with E-state index in [-0.39, 0.29) is 5.60 Å². The quantitative estimate of drug-likeness (QED) is 0.906. The molecule has 1 unspecified atom stereocenters. The first kappa shape index (κ1) is 13.1. The lowest BCUT2D eigenvalue weighted by molar-refractivity contribution is -0.0770. The first-order chi connectivity index (χ1) is 9.26. The summed E-state index contributed by atoms with van der Waals surface area (Å²) in [6.45, 7) is 3.53. The third kappa shape index (κ3) is 2.98. The number of ether oxygens (including phenoxy) is 1. The molecule has 5 heteroatoms. The number of hydrogen-bond donors (Lipinski definition) is 1. The molecule has 0 bridgehead atoms. The largest absolute Gasteiger partial charge is 0.367 e. The molecular weight excluding hydrogens is 242 g/mol. The molecule has 1 saturated heterocycles. The summed E-state index contributed by atoms with van der Waals surface area (Å²) >= 11 is 0. The molecule has 0 aromatic carbocycles. The van der Waals surface area contributed by atoms with Crippen LogP contribution in [-0.4, -0.2) is 22.8 Å². The summed E-state index contributed by atoms with van der Waals surface area (Å²) in [4.78, 5) is 4.50. The average Bonchev–Trinajstić information content (AvgIpc) is 3.09. The molecule has 1 aliphatic carbocycles.